The number of benzene rings is 2. The van der Waals surface area contributed by atoms with Crippen LogP contribution in [0, 0.1) is 0 Å². The van der Waals surface area contributed by atoms with Crippen molar-refractivity contribution in [3.05, 3.63) is 83.8 Å². The average molecular weight is 374 g/mol. The first-order valence-electron chi connectivity index (χ1n) is 8.85. The van der Waals surface area contributed by atoms with Crippen LogP contribution in [0.4, 0.5) is 11.5 Å². The van der Waals surface area contributed by atoms with E-state index < -0.39 is 12.0 Å². The number of nitrogens with zero attached hydrogens (tertiary/aromatic N) is 3. The molecule has 1 aliphatic rings. The van der Waals surface area contributed by atoms with Gasteiger partial charge in [0.05, 0.1) is 6.20 Å². The molecule has 0 bridgehead atoms. The fourth-order valence-corrected chi connectivity index (χ4v) is 3.36. The second-order valence-corrected chi connectivity index (χ2v) is 6.56. The van der Waals surface area contributed by atoms with Gasteiger partial charge < -0.3 is 15.3 Å². The van der Waals surface area contributed by atoms with E-state index in [0.717, 1.165) is 11.1 Å². The maximum atomic E-state index is 13.1. The van der Waals surface area contributed by atoms with E-state index in [1.54, 1.807) is 36.8 Å². The van der Waals surface area contributed by atoms with Gasteiger partial charge in [-0.15, -0.1) is 0 Å². The molecule has 0 saturated heterocycles. The molecule has 7 heteroatoms. The van der Waals surface area contributed by atoms with E-state index in [-0.39, 0.29) is 12.5 Å². The summed E-state index contributed by atoms with van der Waals surface area (Å²) in [5, 5.41) is 12.7. The molecule has 1 amide bonds. The predicted octanol–water partition coefficient (Wildman–Crippen LogP) is 2.87. The Morgan fingerprint density at radius 3 is 2.64 bits per heavy atom. The summed E-state index contributed by atoms with van der Waals surface area (Å²) in [6.07, 6.45) is 5.02. The zero-order chi connectivity index (χ0) is 19.5. The van der Waals surface area contributed by atoms with Gasteiger partial charge in [-0.1, -0.05) is 30.3 Å². The van der Waals surface area contributed by atoms with Crippen molar-refractivity contribution in [2.45, 2.75) is 19.0 Å². The molecule has 1 aromatic heterocycles. The Kier molecular flexibility index (Phi) is 4.72. The van der Waals surface area contributed by atoms with Crippen LogP contribution in [0.15, 0.2) is 67.1 Å². The number of carbonyl (C=O) groups is 2. The van der Waals surface area contributed by atoms with Gasteiger partial charge in [0.15, 0.2) is 0 Å². The number of rotatable bonds is 4. The van der Waals surface area contributed by atoms with E-state index in [2.05, 4.69) is 15.3 Å². The Bertz CT molecular complexity index is 1020. The zero-order valence-corrected chi connectivity index (χ0v) is 14.9. The Hall–Kier alpha value is -3.74. The van der Waals surface area contributed by atoms with E-state index in [4.69, 9.17) is 0 Å². The lowest BCUT2D eigenvalue weighted by molar-refractivity contribution is -0.142. The standard InChI is InChI=1S/C21H18N4O3/c26-20(15-6-3-7-17(10-15)24-19-12-22-8-9-23-19)25-13-16-5-2-1-4-14(16)11-18(25)21(27)28/h1-10,12,18H,11,13H2,(H,23,24)(H,27,28)/t18-/m0/s1. The van der Waals surface area contributed by atoms with Crippen LogP contribution in [0.1, 0.15) is 21.5 Å². The molecule has 0 saturated carbocycles. The zero-order valence-electron chi connectivity index (χ0n) is 14.9. The maximum absolute atomic E-state index is 13.1. The summed E-state index contributed by atoms with van der Waals surface area (Å²) < 4.78 is 0. The van der Waals surface area contributed by atoms with E-state index in [1.807, 2.05) is 30.3 Å². The number of aliphatic carboxylic acids is 1. The van der Waals surface area contributed by atoms with Crippen LogP contribution in [-0.2, 0) is 17.8 Å². The van der Waals surface area contributed by atoms with E-state index in [9.17, 15) is 14.7 Å². The molecule has 2 heterocycles. The molecule has 2 aromatic carbocycles. The van der Waals surface area contributed by atoms with Crippen LogP contribution in [0.25, 0.3) is 0 Å². The second-order valence-electron chi connectivity index (χ2n) is 6.56. The predicted molar refractivity (Wildman–Crippen MR) is 103 cm³/mol. The number of amides is 1. The van der Waals surface area contributed by atoms with E-state index in [1.165, 1.54) is 4.90 Å². The Labute approximate surface area is 161 Å². The van der Waals surface area contributed by atoms with Gasteiger partial charge in [0, 0.05) is 36.6 Å². The van der Waals surface area contributed by atoms with Gasteiger partial charge in [-0.05, 0) is 29.3 Å². The van der Waals surface area contributed by atoms with Gasteiger partial charge in [-0.3, -0.25) is 9.78 Å². The molecule has 0 fully saturated rings. The molecule has 7 nitrogen and oxygen atoms in total. The molecule has 2 N–H and O–H groups in total. The second kappa shape index (κ2) is 7.48. The third-order valence-corrected chi connectivity index (χ3v) is 4.74. The quantitative estimate of drug-likeness (QED) is 0.729. The summed E-state index contributed by atoms with van der Waals surface area (Å²) >= 11 is 0. The van der Waals surface area contributed by atoms with Crippen LogP contribution in [0.2, 0.25) is 0 Å². The summed E-state index contributed by atoms with van der Waals surface area (Å²) in [6.45, 7) is 0.272. The first kappa shape index (κ1) is 17.7. The molecule has 1 aliphatic heterocycles. The minimum absolute atomic E-state index is 0.272. The molecule has 28 heavy (non-hydrogen) atoms. The molecule has 0 unspecified atom stereocenters. The normalized spacial score (nSPS) is 15.6. The molecule has 0 radical (unpaired) electrons. The number of hydrogen-bond donors (Lipinski definition) is 2. The van der Waals surface area contributed by atoms with Crippen molar-refractivity contribution < 1.29 is 14.7 Å². The summed E-state index contributed by atoms with van der Waals surface area (Å²) in [6, 6.07) is 13.7. The van der Waals surface area contributed by atoms with Crippen molar-refractivity contribution in [3.8, 4) is 0 Å². The number of fused-ring (bicyclic) bond motifs is 1. The van der Waals surface area contributed by atoms with Crippen molar-refractivity contribution in [3.63, 3.8) is 0 Å². The highest BCUT2D eigenvalue weighted by molar-refractivity contribution is 5.97. The number of anilines is 2. The third-order valence-electron chi connectivity index (χ3n) is 4.74. The first-order chi connectivity index (χ1) is 13.6. The van der Waals surface area contributed by atoms with Crippen molar-refractivity contribution in [1.29, 1.82) is 0 Å². The number of carboxylic acid groups (broad SMARTS) is 1. The summed E-state index contributed by atoms with van der Waals surface area (Å²) in [4.78, 5) is 34.5. The highest BCUT2D eigenvalue weighted by Gasteiger charge is 2.34. The molecular weight excluding hydrogens is 356 g/mol. The minimum atomic E-state index is -1.00. The number of aromatic nitrogens is 2. The van der Waals surface area contributed by atoms with E-state index in [0.29, 0.717) is 23.5 Å². The molecule has 0 aliphatic carbocycles. The fourth-order valence-electron chi connectivity index (χ4n) is 3.36. The van der Waals surface area contributed by atoms with Gasteiger partial charge in [0.1, 0.15) is 11.9 Å². The number of carboxylic acids is 1. The first-order valence-corrected chi connectivity index (χ1v) is 8.85. The van der Waals surface area contributed by atoms with Crippen LogP contribution >= 0.6 is 0 Å². The van der Waals surface area contributed by atoms with Crippen LogP contribution in [-0.4, -0.2) is 37.9 Å². The number of carbonyl (C=O) groups excluding carboxylic acids is 1. The smallest absolute Gasteiger partial charge is 0.326 e. The molecule has 4 rings (SSSR count). The Balaban J connectivity index is 1.61. The number of hydrogen-bond acceptors (Lipinski definition) is 5. The average Bonchev–Trinajstić information content (AvgIpc) is 2.73. The highest BCUT2D eigenvalue weighted by Crippen LogP contribution is 2.26. The molecule has 0 spiro atoms. The number of nitrogens with one attached hydrogen (secondary N) is 1. The molecule has 1 atom stereocenters. The SMILES string of the molecule is O=C(O)[C@@H]1Cc2ccccc2CN1C(=O)c1cccc(Nc2cnccn2)c1. The van der Waals surface area contributed by atoms with Crippen molar-refractivity contribution in [2.24, 2.45) is 0 Å². The van der Waals surface area contributed by atoms with Crippen LogP contribution in [0.3, 0.4) is 0 Å². The lowest BCUT2D eigenvalue weighted by Gasteiger charge is -2.34. The van der Waals surface area contributed by atoms with Crippen molar-refractivity contribution >= 4 is 23.4 Å². The molecular formula is C21H18N4O3. The Morgan fingerprint density at radius 1 is 1.07 bits per heavy atom. The lowest BCUT2D eigenvalue weighted by Crippen LogP contribution is -2.48. The Morgan fingerprint density at radius 2 is 1.89 bits per heavy atom. The summed E-state index contributed by atoms with van der Waals surface area (Å²) in [5.41, 5.74) is 3.04. The molecule has 3 aromatic rings. The summed E-state index contributed by atoms with van der Waals surface area (Å²) in [7, 11) is 0. The van der Waals surface area contributed by atoms with Gasteiger partial charge in [-0.25, -0.2) is 9.78 Å². The van der Waals surface area contributed by atoms with Crippen molar-refractivity contribution in [1.82, 2.24) is 14.9 Å². The van der Waals surface area contributed by atoms with Gasteiger partial charge in [-0.2, -0.15) is 0 Å². The molecule has 140 valence electrons. The minimum Gasteiger partial charge on any atom is -0.480 e. The van der Waals surface area contributed by atoms with Crippen molar-refractivity contribution in [2.75, 3.05) is 5.32 Å². The lowest BCUT2D eigenvalue weighted by atomic mass is 9.93. The van der Waals surface area contributed by atoms with Crippen LogP contribution < -0.4 is 5.32 Å². The maximum Gasteiger partial charge on any atom is 0.326 e. The summed E-state index contributed by atoms with van der Waals surface area (Å²) in [5.74, 6) is -0.760. The topological polar surface area (TPSA) is 95.4 Å². The largest absolute Gasteiger partial charge is 0.480 e. The van der Waals surface area contributed by atoms with Gasteiger partial charge >= 0.3 is 5.97 Å². The third kappa shape index (κ3) is 3.55. The van der Waals surface area contributed by atoms with Crippen LogP contribution in [0.5, 0.6) is 0 Å². The van der Waals surface area contributed by atoms with Gasteiger partial charge in [0.2, 0.25) is 0 Å². The van der Waals surface area contributed by atoms with E-state index >= 15 is 0 Å². The monoisotopic (exact) mass is 374 g/mol. The highest BCUT2D eigenvalue weighted by atomic mass is 16.4. The fraction of sp³-hybridized carbons (Fsp3) is 0.143. The van der Waals surface area contributed by atoms with Gasteiger partial charge in [0.25, 0.3) is 5.91 Å².